The first kappa shape index (κ1) is 21.8. The quantitative estimate of drug-likeness (QED) is 0.383. The van der Waals surface area contributed by atoms with Crippen molar-refractivity contribution in [3.63, 3.8) is 0 Å². The van der Waals surface area contributed by atoms with Crippen molar-refractivity contribution >= 4 is 21.4 Å². The summed E-state index contributed by atoms with van der Waals surface area (Å²) in [6.45, 7) is -3.50. The van der Waals surface area contributed by atoms with E-state index in [9.17, 15) is 36.1 Å². The molecule has 0 aliphatic carbocycles. The molecule has 1 saturated heterocycles. The number of sulfonamides is 1. The normalized spacial score (nSPS) is 15.4. The summed E-state index contributed by atoms with van der Waals surface area (Å²) < 4.78 is 83.3. The predicted molar refractivity (Wildman–Crippen MR) is 97.1 cm³/mol. The van der Waals surface area contributed by atoms with Gasteiger partial charge in [-0.25, -0.2) is 17.2 Å². The topological polar surface area (TPSA) is 93.0 Å². The highest BCUT2D eigenvalue weighted by molar-refractivity contribution is 7.89. The van der Waals surface area contributed by atoms with Crippen molar-refractivity contribution < 1.29 is 35.6 Å². The summed E-state index contributed by atoms with van der Waals surface area (Å²) in [5.41, 5.74) is -0.327. The van der Waals surface area contributed by atoms with Crippen LogP contribution in [0.5, 0.6) is 5.75 Å². The van der Waals surface area contributed by atoms with E-state index in [2.05, 4.69) is 4.74 Å². The van der Waals surface area contributed by atoms with E-state index < -0.39 is 49.5 Å². The van der Waals surface area contributed by atoms with Gasteiger partial charge in [0.15, 0.2) is 5.75 Å². The third-order valence-electron chi connectivity index (χ3n) is 4.46. The molecule has 13 heteroatoms. The van der Waals surface area contributed by atoms with Gasteiger partial charge in [0.05, 0.1) is 16.7 Å². The van der Waals surface area contributed by atoms with Gasteiger partial charge in [-0.1, -0.05) is 0 Å². The number of ether oxygens (including phenoxy) is 1. The summed E-state index contributed by atoms with van der Waals surface area (Å²) in [5.74, 6) is -2.43. The van der Waals surface area contributed by atoms with Gasteiger partial charge in [0.25, 0.3) is 5.69 Å². The van der Waals surface area contributed by atoms with Crippen LogP contribution >= 0.6 is 0 Å². The molecule has 0 bridgehead atoms. The number of hydrogen-bond donors (Lipinski definition) is 0. The van der Waals surface area contributed by atoms with Crippen LogP contribution in [0.2, 0.25) is 0 Å². The molecule has 0 N–H and O–H groups in total. The zero-order valence-electron chi connectivity index (χ0n) is 15.2. The van der Waals surface area contributed by atoms with Crippen molar-refractivity contribution in [3.05, 3.63) is 58.1 Å². The van der Waals surface area contributed by atoms with Crippen molar-refractivity contribution in [2.75, 3.05) is 31.1 Å². The molecule has 1 aliphatic rings. The molecule has 0 atom stereocenters. The Kier molecular flexibility index (Phi) is 6.12. The molecule has 162 valence electrons. The molecule has 0 spiro atoms. The van der Waals surface area contributed by atoms with E-state index in [0.717, 1.165) is 22.5 Å². The third kappa shape index (κ3) is 4.46. The molecule has 0 radical (unpaired) electrons. The predicted octanol–water partition coefficient (Wildman–Crippen LogP) is 2.99. The number of alkyl halides is 2. The van der Waals surface area contributed by atoms with Crippen LogP contribution in [0.15, 0.2) is 41.3 Å². The maximum atomic E-state index is 13.9. The summed E-state index contributed by atoms with van der Waals surface area (Å²) in [6.07, 6.45) is 0. The number of non-ortho nitro benzene ring substituents is 1. The lowest BCUT2D eigenvalue weighted by Crippen LogP contribution is -2.49. The minimum Gasteiger partial charge on any atom is -0.432 e. The van der Waals surface area contributed by atoms with Crippen LogP contribution in [-0.4, -0.2) is 50.4 Å². The fraction of sp³-hybridized carbons (Fsp3) is 0.294. The summed E-state index contributed by atoms with van der Waals surface area (Å²) >= 11 is 0. The molecule has 30 heavy (non-hydrogen) atoms. The first-order valence-corrected chi connectivity index (χ1v) is 9.97. The number of hydrogen-bond acceptors (Lipinski definition) is 6. The third-order valence-corrected chi connectivity index (χ3v) is 6.37. The largest absolute Gasteiger partial charge is 0.432 e. The average molecular weight is 449 g/mol. The number of halogens is 4. The van der Waals surface area contributed by atoms with Gasteiger partial charge in [0.1, 0.15) is 16.5 Å². The molecule has 1 heterocycles. The summed E-state index contributed by atoms with van der Waals surface area (Å²) in [6, 6.07) is 5.29. The Hall–Kier alpha value is -2.93. The molecular formula is C17H15F4N3O5S. The molecular weight excluding hydrogens is 434 g/mol. The first-order chi connectivity index (χ1) is 14.1. The molecule has 1 fully saturated rings. The van der Waals surface area contributed by atoms with E-state index in [0.29, 0.717) is 12.1 Å². The average Bonchev–Trinajstić information content (AvgIpc) is 2.69. The molecule has 8 nitrogen and oxygen atoms in total. The van der Waals surface area contributed by atoms with E-state index in [1.807, 2.05) is 0 Å². The maximum absolute atomic E-state index is 13.9. The molecule has 1 aliphatic heterocycles. The number of nitrogens with zero attached hydrogens (tertiary/aromatic N) is 3. The lowest BCUT2D eigenvalue weighted by Gasteiger charge is -2.36. The summed E-state index contributed by atoms with van der Waals surface area (Å²) in [7, 11) is -4.32. The van der Waals surface area contributed by atoms with Gasteiger partial charge < -0.3 is 9.64 Å². The van der Waals surface area contributed by atoms with Crippen LogP contribution in [0, 0.1) is 21.7 Å². The lowest BCUT2D eigenvalue weighted by atomic mass is 10.2. The van der Waals surface area contributed by atoms with Crippen LogP contribution < -0.4 is 9.64 Å². The van der Waals surface area contributed by atoms with Crippen molar-refractivity contribution in [1.82, 2.24) is 4.31 Å². The van der Waals surface area contributed by atoms with E-state index in [4.69, 9.17) is 0 Å². The Morgan fingerprint density at radius 3 is 2.30 bits per heavy atom. The minimum atomic E-state index is -4.32. The molecule has 3 rings (SSSR count). The molecule has 0 saturated carbocycles. The molecule has 0 amide bonds. The fourth-order valence-corrected chi connectivity index (χ4v) is 4.55. The first-order valence-electron chi connectivity index (χ1n) is 8.53. The second-order valence-electron chi connectivity index (χ2n) is 6.25. The van der Waals surface area contributed by atoms with Gasteiger partial charge in [0, 0.05) is 32.2 Å². The Morgan fingerprint density at radius 2 is 1.70 bits per heavy atom. The van der Waals surface area contributed by atoms with Crippen LogP contribution in [-0.2, 0) is 10.0 Å². The molecule has 0 aromatic heterocycles. The Morgan fingerprint density at radius 1 is 1.03 bits per heavy atom. The smallest absolute Gasteiger partial charge is 0.387 e. The highest BCUT2D eigenvalue weighted by atomic mass is 32.2. The second kappa shape index (κ2) is 8.44. The Balaban J connectivity index is 1.81. The Labute approximate surface area is 168 Å². The number of nitro benzene ring substituents is 1. The standard InChI is InChI=1S/C17H15F4N3O5S/c18-11-1-3-13(19)16(9-11)30(27,28)23-7-5-22(6-8-23)14-4-2-12(24(25)26)10-15(14)29-17(20)21/h1-4,9-10,17H,5-8H2. The maximum Gasteiger partial charge on any atom is 0.387 e. The van der Waals surface area contributed by atoms with Gasteiger partial charge >= 0.3 is 6.61 Å². The highest BCUT2D eigenvalue weighted by Crippen LogP contribution is 2.34. The summed E-state index contributed by atoms with van der Waals surface area (Å²) in [5, 5.41) is 10.9. The number of nitro groups is 1. The number of anilines is 1. The van der Waals surface area contributed by atoms with Gasteiger partial charge in [-0.3, -0.25) is 10.1 Å². The SMILES string of the molecule is O=[N+]([O-])c1ccc(N2CCN(S(=O)(=O)c3cc(F)ccc3F)CC2)c(OC(F)F)c1. The molecule has 2 aromatic rings. The number of benzene rings is 2. The number of rotatable bonds is 6. The zero-order chi connectivity index (χ0) is 22.1. The van der Waals surface area contributed by atoms with Crippen LogP contribution in [0.3, 0.4) is 0 Å². The van der Waals surface area contributed by atoms with E-state index >= 15 is 0 Å². The van der Waals surface area contributed by atoms with Gasteiger partial charge in [-0.2, -0.15) is 13.1 Å². The lowest BCUT2D eigenvalue weighted by molar-refractivity contribution is -0.385. The van der Waals surface area contributed by atoms with Crippen molar-refractivity contribution in [2.24, 2.45) is 0 Å². The fourth-order valence-electron chi connectivity index (χ4n) is 3.05. The molecule has 0 unspecified atom stereocenters. The van der Waals surface area contributed by atoms with Crippen LogP contribution in [0.1, 0.15) is 0 Å². The minimum absolute atomic E-state index is 0.00751. The zero-order valence-corrected chi connectivity index (χ0v) is 16.0. The van der Waals surface area contributed by atoms with Gasteiger partial charge in [0.2, 0.25) is 10.0 Å². The van der Waals surface area contributed by atoms with Crippen LogP contribution in [0.4, 0.5) is 28.9 Å². The van der Waals surface area contributed by atoms with Crippen LogP contribution in [0.25, 0.3) is 0 Å². The van der Waals surface area contributed by atoms with Crippen molar-refractivity contribution in [2.45, 2.75) is 11.5 Å². The van der Waals surface area contributed by atoms with E-state index in [1.54, 1.807) is 0 Å². The molecule has 2 aromatic carbocycles. The Bertz CT molecular complexity index is 1060. The van der Waals surface area contributed by atoms with Gasteiger partial charge in [-0.15, -0.1) is 0 Å². The number of piperazine rings is 1. The van der Waals surface area contributed by atoms with Crippen molar-refractivity contribution in [3.8, 4) is 5.75 Å². The van der Waals surface area contributed by atoms with E-state index in [1.165, 1.54) is 11.0 Å². The highest BCUT2D eigenvalue weighted by Gasteiger charge is 2.32. The summed E-state index contributed by atoms with van der Waals surface area (Å²) in [4.78, 5) is 10.8. The monoisotopic (exact) mass is 449 g/mol. The van der Waals surface area contributed by atoms with E-state index in [-0.39, 0.29) is 31.9 Å². The second-order valence-corrected chi connectivity index (χ2v) is 8.16. The van der Waals surface area contributed by atoms with Gasteiger partial charge in [-0.05, 0) is 24.3 Å². The van der Waals surface area contributed by atoms with Crippen molar-refractivity contribution in [1.29, 1.82) is 0 Å².